The number of halogens is 2. The molecule has 1 N–H and O–H groups in total. The minimum atomic E-state index is -1.02. The maximum atomic E-state index is 12.2. The van der Waals surface area contributed by atoms with E-state index < -0.39 is 18.0 Å². The van der Waals surface area contributed by atoms with Crippen LogP contribution in [-0.4, -0.2) is 38.2 Å². The average Bonchev–Trinajstić information content (AvgIpc) is 3.18. The molecule has 0 saturated heterocycles. The van der Waals surface area contributed by atoms with Crippen LogP contribution in [0.15, 0.2) is 48.8 Å². The van der Waals surface area contributed by atoms with Gasteiger partial charge in [0, 0.05) is 5.02 Å². The van der Waals surface area contributed by atoms with E-state index in [0.717, 1.165) is 0 Å². The fourth-order valence-electron chi connectivity index (χ4n) is 2.14. The van der Waals surface area contributed by atoms with Gasteiger partial charge in [0.2, 0.25) is 0 Å². The molecule has 0 bridgehead atoms. The van der Waals surface area contributed by atoms with Crippen LogP contribution in [0, 0.1) is 0 Å². The number of aromatic nitrogens is 4. The summed E-state index contributed by atoms with van der Waals surface area (Å²) >= 11 is 11.8. The van der Waals surface area contributed by atoms with E-state index in [9.17, 15) is 9.59 Å². The van der Waals surface area contributed by atoms with Gasteiger partial charge in [-0.2, -0.15) is 0 Å². The number of ether oxygens (including phenoxy) is 1. The van der Waals surface area contributed by atoms with Crippen molar-refractivity contribution < 1.29 is 14.3 Å². The molecule has 0 spiro atoms. The van der Waals surface area contributed by atoms with Crippen LogP contribution in [0.5, 0.6) is 0 Å². The molecule has 2 aromatic carbocycles. The van der Waals surface area contributed by atoms with Gasteiger partial charge < -0.3 is 10.1 Å². The summed E-state index contributed by atoms with van der Waals surface area (Å²) in [5.74, 6) is -1.15. The van der Waals surface area contributed by atoms with Gasteiger partial charge >= 0.3 is 5.97 Å². The van der Waals surface area contributed by atoms with Gasteiger partial charge in [-0.15, -0.1) is 5.10 Å². The minimum Gasteiger partial charge on any atom is -0.449 e. The summed E-state index contributed by atoms with van der Waals surface area (Å²) in [4.78, 5) is 24.4. The van der Waals surface area contributed by atoms with E-state index in [2.05, 4.69) is 20.8 Å². The number of benzene rings is 2. The fraction of sp³-hybridized carbons (Fsp3) is 0.118. The van der Waals surface area contributed by atoms with E-state index in [-0.39, 0.29) is 10.6 Å². The lowest BCUT2D eigenvalue weighted by Crippen LogP contribution is -2.30. The first kappa shape index (κ1) is 18.8. The van der Waals surface area contributed by atoms with Crippen LogP contribution in [0.25, 0.3) is 5.69 Å². The molecular weight excluding hydrogens is 393 g/mol. The van der Waals surface area contributed by atoms with Crippen LogP contribution in [-0.2, 0) is 9.53 Å². The van der Waals surface area contributed by atoms with Crippen molar-refractivity contribution in [3.63, 3.8) is 0 Å². The number of esters is 1. The summed E-state index contributed by atoms with van der Waals surface area (Å²) in [6, 6.07) is 11.1. The quantitative estimate of drug-likeness (QED) is 0.654. The van der Waals surface area contributed by atoms with E-state index in [1.54, 1.807) is 36.4 Å². The van der Waals surface area contributed by atoms with Gasteiger partial charge in [0.05, 0.1) is 22.0 Å². The molecule has 1 heterocycles. The Bertz CT molecular complexity index is 961. The first-order valence-electron chi connectivity index (χ1n) is 7.74. The molecule has 0 aliphatic rings. The second-order valence-electron chi connectivity index (χ2n) is 5.46. The number of hydrogen-bond acceptors (Lipinski definition) is 6. The molecule has 0 aliphatic heterocycles. The molecule has 1 amide bonds. The van der Waals surface area contributed by atoms with E-state index in [1.165, 1.54) is 24.0 Å². The largest absolute Gasteiger partial charge is 0.449 e. The zero-order valence-corrected chi connectivity index (χ0v) is 15.5. The molecule has 0 saturated carbocycles. The van der Waals surface area contributed by atoms with Crippen molar-refractivity contribution in [1.82, 2.24) is 20.2 Å². The van der Waals surface area contributed by atoms with Gasteiger partial charge in [0.25, 0.3) is 5.91 Å². The normalized spacial score (nSPS) is 11.7. The van der Waals surface area contributed by atoms with Crippen molar-refractivity contribution in [2.75, 3.05) is 5.32 Å². The van der Waals surface area contributed by atoms with Gasteiger partial charge in [-0.3, -0.25) is 4.79 Å². The predicted molar refractivity (Wildman–Crippen MR) is 99.1 cm³/mol. The summed E-state index contributed by atoms with van der Waals surface area (Å²) in [5, 5.41) is 14.2. The van der Waals surface area contributed by atoms with Crippen LogP contribution in [0.2, 0.25) is 10.0 Å². The number of rotatable bonds is 5. The highest BCUT2D eigenvalue weighted by Gasteiger charge is 2.20. The van der Waals surface area contributed by atoms with Crippen LogP contribution >= 0.6 is 23.2 Å². The standard InChI is InChI=1S/C17H13Cl2N5O3/c1-10(16(25)21-15-7-4-12(18)8-14(15)19)27-17(26)11-2-5-13(6-3-11)24-9-20-22-23-24/h2-10H,1H3,(H,21,25)/t10-/m1/s1. The number of amides is 1. The lowest BCUT2D eigenvalue weighted by atomic mass is 10.2. The van der Waals surface area contributed by atoms with Crippen LogP contribution in [0.1, 0.15) is 17.3 Å². The molecule has 138 valence electrons. The summed E-state index contributed by atoms with van der Waals surface area (Å²) in [6.45, 7) is 1.46. The Morgan fingerprint density at radius 1 is 1.15 bits per heavy atom. The highest BCUT2D eigenvalue weighted by molar-refractivity contribution is 6.36. The summed E-state index contributed by atoms with van der Waals surface area (Å²) < 4.78 is 6.64. The van der Waals surface area contributed by atoms with Crippen LogP contribution < -0.4 is 5.32 Å². The van der Waals surface area contributed by atoms with Crippen molar-refractivity contribution in [3.05, 3.63) is 64.4 Å². The van der Waals surface area contributed by atoms with Gasteiger partial charge in [0.1, 0.15) is 6.33 Å². The third-order valence-electron chi connectivity index (χ3n) is 3.56. The van der Waals surface area contributed by atoms with E-state index in [0.29, 0.717) is 16.4 Å². The molecule has 27 heavy (non-hydrogen) atoms. The number of hydrogen-bond donors (Lipinski definition) is 1. The van der Waals surface area contributed by atoms with E-state index in [1.807, 2.05) is 0 Å². The number of carbonyl (C=O) groups excluding carboxylic acids is 2. The highest BCUT2D eigenvalue weighted by Crippen LogP contribution is 2.25. The molecule has 0 fully saturated rings. The van der Waals surface area contributed by atoms with E-state index >= 15 is 0 Å². The van der Waals surface area contributed by atoms with Crippen molar-refractivity contribution in [2.24, 2.45) is 0 Å². The monoisotopic (exact) mass is 405 g/mol. The molecular formula is C17H13Cl2N5O3. The topological polar surface area (TPSA) is 99.0 Å². The zero-order chi connectivity index (χ0) is 19.4. The minimum absolute atomic E-state index is 0.285. The Balaban J connectivity index is 1.62. The van der Waals surface area contributed by atoms with Crippen molar-refractivity contribution in [1.29, 1.82) is 0 Å². The first-order valence-corrected chi connectivity index (χ1v) is 8.50. The first-order chi connectivity index (χ1) is 12.9. The number of nitrogens with one attached hydrogen (secondary N) is 1. The lowest BCUT2D eigenvalue weighted by molar-refractivity contribution is -0.123. The maximum Gasteiger partial charge on any atom is 0.338 e. The molecule has 0 radical (unpaired) electrons. The molecule has 1 aromatic heterocycles. The second-order valence-corrected chi connectivity index (χ2v) is 6.31. The summed E-state index contributed by atoms with van der Waals surface area (Å²) in [6.07, 6.45) is 0.408. The Labute approximate surface area is 164 Å². The van der Waals surface area contributed by atoms with Crippen LogP contribution in [0.4, 0.5) is 5.69 Å². The predicted octanol–water partition coefficient (Wildman–Crippen LogP) is 3.15. The molecule has 0 unspecified atom stereocenters. The molecule has 1 atom stereocenters. The Morgan fingerprint density at radius 3 is 2.52 bits per heavy atom. The Kier molecular flexibility index (Phi) is 5.68. The molecule has 8 nitrogen and oxygen atoms in total. The van der Waals surface area contributed by atoms with Crippen LogP contribution in [0.3, 0.4) is 0 Å². The van der Waals surface area contributed by atoms with E-state index in [4.69, 9.17) is 27.9 Å². The van der Waals surface area contributed by atoms with Crippen molar-refractivity contribution in [3.8, 4) is 5.69 Å². The maximum absolute atomic E-state index is 12.2. The second kappa shape index (κ2) is 8.15. The number of tetrazole rings is 1. The van der Waals surface area contributed by atoms with Gasteiger partial charge in [-0.05, 0) is 59.8 Å². The van der Waals surface area contributed by atoms with Gasteiger partial charge in [-0.1, -0.05) is 23.2 Å². The number of nitrogens with zero attached hydrogens (tertiary/aromatic N) is 4. The summed E-state index contributed by atoms with van der Waals surface area (Å²) in [5.41, 5.74) is 1.34. The van der Waals surface area contributed by atoms with Crippen molar-refractivity contribution >= 4 is 40.8 Å². The summed E-state index contributed by atoms with van der Waals surface area (Å²) in [7, 11) is 0. The van der Waals surface area contributed by atoms with Gasteiger partial charge in [-0.25, -0.2) is 9.48 Å². The molecule has 0 aliphatic carbocycles. The van der Waals surface area contributed by atoms with Crippen molar-refractivity contribution in [2.45, 2.75) is 13.0 Å². The average molecular weight is 406 g/mol. The molecule has 3 rings (SSSR count). The molecule has 10 heteroatoms. The third kappa shape index (κ3) is 4.60. The Hall–Kier alpha value is -2.97. The SMILES string of the molecule is C[C@@H](OC(=O)c1ccc(-n2cnnn2)cc1)C(=O)Nc1ccc(Cl)cc1Cl. The molecule has 3 aromatic rings. The highest BCUT2D eigenvalue weighted by atomic mass is 35.5. The lowest BCUT2D eigenvalue weighted by Gasteiger charge is -2.14. The number of anilines is 1. The van der Waals surface area contributed by atoms with Gasteiger partial charge in [0.15, 0.2) is 6.10 Å². The Morgan fingerprint density at radius 2 is 1.89 bits per heavy atom. The fourth-order valence-corrected chi connectivity index (χ4v) is 2.59. The number of carbonyl (C=O) groups is 2. The third-order valence-corrected chi connectivity index (χ3v) is 4.11. The smallest absolute Gasteiger partial charge is 0.338 e. The zero-order valence-electron chi connectivity index (χ0n) is 14.0.